The summed E-state index contributed by atoms with van der Waals surface area (Å²) in [5.74, 6) is 1.69. The van der Waals surface area contributed by atoms with Crippen molar-refractivity contribution in [1.82, 2.24) is 0 Å². The monoisotopic (exact) mass is 505 g/mol. The van der Waals surface area contributed by atoms with Crippen LogP contribution in [0.1, 0.15) is 13.8 Å². The number of thiocarbonyl (C=S) groups is 1. The van der Waals surface area contributed by atoms with Gasteiger partial charge >= 0.3 is 18.9 Å². The summed E-state index contributed by atoms with van der Waals surface area (Å²) in [6.45, 7) is 5.24. The van der Waals surface area contributed by atoms with Crippen molar-refractivity contribution in [3.63, 3.8) is 0 Å². The van der Waals surface area contributed by atoms with Gasteiger partial charge in [-0.15, -0.1) is 0 Å². The number of ether oxygens (including phenoxy) is 2. The molecule has 0 amide bonds. The van der Waals surface area contributed by atoms with Gasteiger partial charge in [0.15, 0.2) is 5.11 Å². The summed E-state index contributed by atoms with van der Waals surface area (Å²) >= 11 is 5.30. The van der Waals surface area contributed by atoms with E-state index in [0.717, 1.165) is 22.9 Å². The third-order valence-corrected chi connectivity index (χ3v) is 3.05. The summed E-state index contributed by atoms with van der Waals surface area (Å²) in [6.07, 6.45) is 0. The first-order chi connectivity index (χ1) is 10.7. The normalized spacial score (nSPS) is 9.08. The molecule has 4 nitrogen and oxygen atoms in total. The van der Waals surface area contributed by atoms with E-state index < -0.39 is 0 Å². The Kier molecular flexibility index (Phi) is 12.0. The number of benzene rings is 2. The largest absolute Gasteiger partial charge is 0 e. The molecule has 24 heavy (non-hydrogen) atoms. The Balaban J connectivity index is 0.00000264. The molecule has 1 radical (unpaired) electrons. The minimum atomic E-state index is 0. The van der Waals surface area contributed by atoms with Crippen LogP contribution in [0, 0.1) is 0 Å². The first-order valence-corrected chi connectivity index (χ1v) is 7.65. The molecule has 0 atom stereocenters. The number of hydrogen-bond donors (Lipinski definition) is 2. The van der Waals surface area contributed by atoms with Crippen molar-refractivity contribution in [2.24, 2.45) is 0 Å². The Labute approximate surface area is 176 Å². The molecule has 0 saturated heterocycles. The van der Waals surface area contributed by atoms with Gasteiger partial charge in [-0.2, -0.15) is 0 Å². The smallest absolute Gasteiger partial charge is 0 e. The Morgan fingerprint density at radius 3 is 1.42 bits per heavy atom. The maximum absolute atomic E-state index is 5.40. The molecule has 0 aliphatic carbocycles. The minimum Gasteiger partial charge on any atom is 0 e. The molecule has 0 spiro atoms. The Morgan fingerprint density at radius 1 is 0.792 bits per heavy atom. The van der Waals surface area contributed by atoms with Crippen LogP contribution in [0.4, 0.5) is 11.4 Å². The summed E-state index contributed by atoms with van der Waals surface area (Å²) in [5.41, 5.74) is 1.82. The van der Waals surface area contributed by atoms with E-state index in [0.29, 0.717) is 18.3 Å². The fourth-order valence-corrected chi connectivity index (χ4v) is 2.13. The Bertz CT molecular complexity index is 555. The average molecular weight is 505 g/mol. The number of hydrogen-bond acceptors (Lipinski definition) is 3. The first-order valence-electron chi connectivity index (χ1n) is 7.25. The molecule has 0 unspecified atom stereocenters. The summed E-state index contributed by atoms with van der Waals surface area (Å²) in [5, 5.41) is 6.80. The van der Waals surface area contributed by atoms with Crippen molar-refractivity contribution in [3.8, 4) is 11.5 Å². The van der Waals surface area contributed by atoms with E-state index in [-0.39, 0.29) is 41.2 Å². The molecular weight excluding hydrogens is 484 g/mol. The zero-order valence-corrected chi connectivity index (χ0v) is 17.2. The summed E-state index contributed by atoms with van der Waals surface area (Å²) in [4.78, 5) is 0. The van der Waals surface area contributed by atoms with Gasteiger partial charge in [0, 0.05) is 33.8 Å². The fraction of sp³-hybridized carbons (Fsp3) is 0.235. The summed E-state index contributed by atoms with van der Waals surface area (Å²) < 4.78 is 10.8. The molecule has 123 valence electrons. The second kappa shape index (κ2) is 12.4. The predicted molar refractivity (Wildman–Crippen MR) is 102 cm³/mol. The van der Waals surface area contributed by atoms with Crippen LogP contribution < -0.4 is 20.1 Å². The van der Waals surface area contributed by atoms with Gasteiger partial charge in [-0.05, 0) is 74.6 Å². The molecule has 0 aliphatic heterocycles. The van der Waals surface area contributed by atoms with Gasteiger partial charge in [0.2, 0.25) is 0 Å². The molecular formula is C17H21LiN2O2STa. The van der Waals surface area contributed by atoms with E-state index in [1.54, 1.807) is 0 Å². The zero-order chi connectivity index (χ0) is 15.8. The fourth-order valence-electron chi connectivity index (χ4n) is 1.90. The van der Waals surface area contributed by atoms with Gasteiger partial charge in [-0.3, -0.25) is 0 Å². The summed E-state index contributed by atoms with van der Waals surface area (Å²) in [7, 11) is 0. The number of anilines is 2. The minimum absolute atomic E-state index is 0. The summed E-state index contributed by atoms with van der Waals surface area (Å²) in [6, 6.07) is 15.3. The number of rotatable bonds is 6. The van der Waals surface area contributed by atoms with Crippen LogP contribution in [0.3, 0.4) is 0 Å². The third-order valence-electron chi connectivity index (χ3n) is 2.85. The standard InChI is InChI=1S/C17H20N2O2S.Li.Ta.H/c1-3-20-15-9-5-13(6-10-15)18-17(22)19-14-7-11-16(12-8-14)21-4-2;;;/h5-12H,3-4H2,1-2H3,(H2,18,19,22);;;. The van der Waals surface area contributed by atoms with Gasteiger partial charge in [0.05, 0.1) is 13.2 Å². The molecule has 2 aromatic carbocycles. The van der Waals surface area contributed by atoms with Gasteiger partial charge in [-0.1, -0.05) is 0 Å². The number of nitrogens with one attached hydrogen (secondary N) is 2. The van der Waals surface area contributed by atoms with Gasteiger partial charge < -0.3 is 20.1 Å². The maximum Gasteiger partial charge on any atom is 0 e. The van der Waals surface area contributed by atoms with E-state index in [9.17, 15) is 0 Å². The molecule has 0 aromatic heterocycles. The van der Waals surface area contributed by atoms with E-state index in [4.69, 9.17) is 21.7 Å². The van der Waals surface area contributed by atoms with E-state index in [1.165, 1.54) is 0 Å². The zero-order valence-electron chi connectivity index (χ0n) is 13.2. The Morgan fingerprint density at radius 2 is 1.12 bits per heavy atom. The molecule has 0 fully saturated rings. The van der Waals surface area contributed by atoms with Crippen molar-refractivity contribution in [2.45, 2.75) is 13.8 Å². The Hall–Kier alpha value is -0.932. The van der Waals surface area contributed by atoms with Gasteiger partial charge in [0.1, 0.15) is 11.5 Å². The van der Waals surface area contributed by atoms with E-state index in [1.807, 2.05) is 62.4 Å². The predicted octanol–water partition coefficient (Wildman–Crippen LogP) is 3.64. The molecule has 2 aromatic rings. The maximum atomic E-state index is 5.40. The third kappa shape index (κ3) is 7.76. The molecule has 2 rings (SSSR count). The molecule has 0 aliphatic rings. The molecule has 0 heterocycles. The van der Waals surface area contributed by atoms with E-state index >= 15 is 0 Å². The van der Waals surface area contributed by atoms with Crippen LogP contribution in [0.5, 0.6) is 11.5 Å². The molecule has 2 N–H and O–H groups in total. The van der Waals surface area contributed by atoms with Crippen LogP contribution >= 0.6 is 12.2 Å². The van der Waals surface area contributed by atoms with Crippen molar-refractivity contribution >= 4 is 47.6 Å². The van der Waals surface area contributed by atoms with Crippen LogP contribution in [0.2, 0.25) is 0 Å². The van der Waals surface area contributed by atoms with Crippen LogP contribution in [0.15, 0.2) is 48.5 Å². The van der Waals surface area contributed by atoms with Crippen molar-refractivity contribution in [3.05, 3.63) is 48.5 Å². The van der Waals surface area contributed by atoms with E-state index in [2.05, 4.69) is 10.6 Å². The molecule has 0 bridgehead atoms. The van der Waals surface area contributed by atoms with Crippen LogP contribution in [-0.4, -0.2) is 37.2 Å². The van der Waals surface area contributed by atoms with Crippen molar-refractivity contribution in [1.29, 1.82) is 0 Å². The first kappa shape index (κ1) is 23.1. The van der Waals surface area contributed by atoms with Crippen LogP contribution in [0.25, 0.3) is 0 Å². The molecule has 0 saturated carbocycles. The van der Waals surface area contributed by atoms with Crippen LogP contribution in [-0.2, 0) is 22.4 Å². The van der Waals surface area contributed by atoms with Crippen molar-refractivity contribution < 1.29 is 31.9 Å². The second-order valence-corrected chi connectivity index (χ2v) is 4.90. The van der Waals surface area contributed by atoms with Crippen molar-refractivity contribution in [2.75, 3.05) is 23.8 Å². The van der Waals surface area contributed by atoms with Gasteiger partial charge in [-0.25, -0.2) is 0 Å². The molecule has 7 heteroatoms. The quantitative estimate of drug-likeness (QED) is 0.464. The van der Waals surface area contributed by atoms with Gasteiger partial charge in [0.25, 0.3) is 0 Å². The average Bonchev–Trinajstić information content (AvgIpc) is 2.52. The SMILES string of the molecule is CCOc1ccc(NC(=S)Nc2ccc(OCC)cc2)cc1.[LiH].[Ta]. The second-order valence-electron chi connectivity index (χ2n) is 4.49. The topological polar surface area (TPSA) is 42.5 Å².